The second kappa shape index (κ2) is 4.57. The van der Waals surface area contributed by atoms with Crippen LogP contribution in [0.1, 0.15) is 6.42 Å². The summed E-state index contributed by atoms with van der Waals surface area (Å²) in [4.78, 5) is 0. The van der Waals surface area contributed by atoms with Crippen molar-refractivity contribution in [2.75, 3.05) is 0 Å². The molecule has 62 valence electrons. The molecule has 0 rings (SSSR count). The van der Waals surface area contributed by atoms with Gasteiger partial charge in [0, 0.05) is 0 Å². The zero-order valence-corrected chi connectivity index (χ0v) is 6.00. The zero-order valence-electron chi connectivity index (χ0n) is 5.19. The Hall–Kier alpha value is -0.220. The average molecular weight is 176 g/mol. The molecule has 1 atom stereocenters. The predicted octanol–water partition coefficient (Wildman–Crippen LogP) is 1.87. The van der Waals surface area contributed by atoms with E-state index in [9.17, 15) is 13.2 Å². The molecular weight excluding hydrogens is 167 g/mol. The molecule has 0 saturated heterocycles. The van der Waals surface area contributed by atoms with Crippen LogP contribution in [0.25, 0.3) is 0 Å². The lowest BCUT2D eigenvalue weighted by Crippen LogP contribution is -2.36. The van der Waals surface area contributed by atoms with Crippen molar-refractivity contribution in [2.24, 2.45) is 5.73 Å². The Morgan fingerprint density at radius 3 is 2.00 bits per heavy atom. The van der Waals surface area contributed by atoms with E-state index in [1.54, 1.807) is 0 Å². The molecule has 0 aliphatic carbocycles. The van der Waals surface area contributed by atoms with Crippen molar-refractivity contribution in [2.45, 2.75) is 18.6 Å². The number of rotatable bonds is 2. The van der Waals surface area contributed by atoms with Crippen molar-refractivity contribution in [3.63, 3.8) is 0 Å². The van der Waals surface area contributed by atoms with Crippen molar-refractivity contribution >= 4 is 12.4 Å². The third-order valence-corrected chi connectivity index (χ3v) is 0.841. The quantitative estimate of drug-likeness (QED) is 0.638. The van der Waals surface area contributed by atoms with E-state index in [2.05, 4.69) is 12.3 Å². The van der Waals surface area contributed by atoms with Gasteiger partial charge < -0.3 is 5.73 Å². The second-order valence-corrected chi connectivity index (χ2v) is 1.67. The van der Waals surface area contributed by atoms with E-state index in [1.165, 1.54) is 0 Å². The molecule has 0 spiro atoms. The van der Waals surface area contributed by atoms with Gasteiger partial charge in [-0.1, -0.05) is 6.08 Å². The van der Waals surface area contributed by atoms with Crippen LogP contribution in [-0.4, -0.2) is 12.2 Å². The Labute approximate surface area is 63.5 Å². The molecule has 5 heteroatoms. The Balaban J connectivity index is 0. The van der Waals surface area contributed by atoms with E-state index < -0.39 is 12.2 Å². The molecule has 0 radical (unpaired) electrons. The molecule has 0 heterocycles. The normalized spacial score (nSPS) is 13.6. The highest BCUT2D eigenvalue weighted by atomic mass is 35.5. The summed E-state index contributed by atoms with van der Waals surface area (Å²) in [6.07, 6.45) is -3.35. The summed E-state index contributed by atoms with van der Waals surface area (Å²) in [5.74, 6) is 0. The summed E-state index contributed by atoms with van der Waals surface area (Å²) >= 11 is 0. The van der Waals surface area contributed by atoms with Crippen molar-refractivity contribution in [3.8, 4) is 0 Å². The number of halogens is 4. The van der Waals surface area contributed by atoms with Crippen LogP contribution in [0, 0.1) is 0 Å². The van der Waals surface area contributed by atoms with E-state index in [-0.39, 0.29) is 18.8 Å². The first-order valence-corrected chi connectivity index (χ1v) is 2.41. The lowest BCUT2D eigenvalue weighted by molar-refractivity contribution is -0.146. The molecule has 0 unspecified atom stereocenters. The van der Waals surface area contributed by atoms with Gasteiger partial charge in [-0.3, -0.25) is 0 Å². The third kappa shape index (κ3) is 4.64. The number of nitrogens with two attached hydrogens (primary N) is 1. The molecule has 0 fully saturated rings. The fourth-order valence-electron chi connectivity index (χ4n) is 0.313. The third-order valence-electron chi connectivity index (χ3n) is 0.841. The van der Waals surface area contributed by atoms with Crippen LogP contribution < -0.4 is 5.73 Å². The highest BCUT2D eigenvalue weighted by molar-refractivity contribution is 5.85. The van der Waals surface area contributed by atoms with Gasteiger partial charge >= 0.3 is 6.18 Å². The van der Waals surface area contributed by atoms with Gasteiger partial charge in [0.05, 0.1) is 0 Å². The summed E-state index contributed by atoms with van der Waals surface area (Å²) in [6, 6.07) is -1.75. The standard InChI is InChI=1S/C5H8F3N.ClH/c1-2-3-4(9)5(6,7)8;/h2,4H,1,3,9H2;1H/t4-;/m1./s1. The molecule has 0 aliphatic heterocycles. The molecule has 0 bridgehead atoms. The van der Waals surface area contributed by atoms with Crippen LogP contribution in [0.4, 0.5) is 13.2 Å². The van der Waals surface area contributed by atoms with Gasteiger partial charge in [0.1, 0.15) is 6.04 Å². The van der Waals surface area contributed by atoms with E-state index in [0.29, 0.717) is 0 Å². The van der Waals surface area contributed by atoms with Crippen LogP contribution in [-0.2, 0) is 0 Å². The number of alkyl halides is 3. The molecule has 0 aromatic carbocycles. The largest absolute Gasteiger partial charge is 0.403 e. The maximum absolute atomic E-state index is 11.5. The Morgan fingerprint density at radius 2 is 1.90 bits per heavy atom. The van der Waals surface area contributed by atoms with Gasteiger partial charge in [-0.15, -0.1) is 19.0 Å². The number of hydrogen-bond acceptors (Lipinski definition) is 1. The van der Waals surface area contributed by atoms with Crippen molar-refractivity contribution in [1.29, 1.82) is 0 Å². The van der Waals surface area contributed by atoms with Crippen LogP contribution in [0.2, 0.25) is 0 Å². The summed E-state index contributed by atoms with van der Waals surface area (Å²) in [6.45, 7) is 3.13. The molecule has 0 amide bonds. The van der Waals surface area contributed by atoms with Gasteiger partial charge in [-0.2, -0.15) is 13.2 Å². The monoisotopic (exact) mass is 175 g/mol. The highest BCUT2D eigenvalue weighted by Gasteiger charge is 2.35. The van der Waals surface area contributed by atoms with Gasteiger partial charge in [0.2, 0.25) is 0 Å². The molecule has 0 aliphatic rings. The first kappa shape index (κ1) is 12.5. The van der Waals surface area contributed by atoms with Crippen LogP contribution >= 0.6 is 12.4 Å². The predicted molar refractivity (Wildman–Crippen MR) is 36.1 cm³/mol. The summed E-state index contributed by atoms with van der Waals surface area (Å²) < 4.78 is 34.4. The smallest absolute Gasteiger partial charge is 0.320 e. The van der Waals surface area contributed by atoms with Crippen LogP contribution in [0.15, 0.2) is 12.7 Å². The van der Waals surface area contributed by atoms with Gasteiger partial charge in [-0.05, 0) is 6.42 Å². The molecule has 0 aromatic heterocycles. The molecular formula is C5H9ClF3N. The maximum Gasteiger partial charge on any atom is 0.403 e. The topological polar surface area (TPSA) is 26.0 Å². The van der Waals surface area contributed by atoms with Crippen molar-refractivity contribution in [3.05, 3.63) is 12.7 Å². The lowest BCUT2D eigenvalue weighted by Gasteiger charge is -2.12. The van der Waals surface area contributed by atoms with Gasteiger partial charge in [-0.25, -0.2) is 0 Å². The fraction of sp³-hybridized carbons (Fsp3) is 0.600. The summed E-state index contributed by atoms with van der Waals surface area (Å²) in [7, 11) is 0. The van der Waals surface area contributed by atoms with E-state index in [4.69, 9.17) is 0 Å². The molecule has 2 N–H and O–H groups in total. The maximum atomic E-state index is 11.5. The molecule has 10 heavy (non-hydrogen) atoms. The molecule has 0 saturated carbocycles. The summed E-state index contributed by atoms with van der Waals surface area (Å²) in [5, 5.41) is 0. The Bertz CT molecular complexity index is 102. The minimum absolute atomic E-state index is 0. The first-order valence-electron chi connectivity index (χ1n) is 2.41. The Kier molecular flexibility index (Phi) is 5.70. The molecule has 1 nitrogen and oxygen atoms in total. The minimum atomic E-state index is -4.28. The van der Waals surface area contributed by atoms with Crippen molar-refractivity contribution < 1.29 is 13.2 Å². The average Bonchev–Trinajstić information content (AvgIpc) is 1.64. The summed E-state index contributed by atoms with van der Waals surface area (Å²) in [5.41, 5.74) is 4.66. The Morgan fingerprint density at radius 1 is 1.50 bits per heavy atom. The van der Waals surface area contributed by atoms with Crippen LogP contribution in [0.3, 0.4) is 0 Å². The van der Waals surface area contributed by atoms with E-state index in [1.807, 2.05) is 0 Å². The SMILES string of the molecule is C=CC[C@@H](N)C(F)(F)F.Cl. The van der Waals surface area contributed by atoms with Crippen LogP contribution in [0.5, 0.6) is 0 Å². The van der Waals surface area contributed by atoms with Crippen molar-refractivity contribution in [1.82, 2.24) is 0 Å². The second-order valence-electron chi connectivity index (χ2n) is 1.67. The van der Waals surface area contributed by atoms with Gasteiger partial charge in [0.15, 0.2) is 0 Å². The van der Waals surface area contributed by atoms with E-state index in [0.717, 1.165) is 6.08 Å². The zero-order chi connectivity index (χ0) is 7.49. The number of hydrogen-bond donors (Lipinski definition) is 1. The first-order chi connectivity index (χ1) is 3.98. The molecule has 0 aromatic rings. The fourth-order valence-corrected chi connectivity index (χ4v) is 0.313. The lowest BCUT2D eigenvalue weighted by atomic mass is 10.2. The minimum Gasteiger partial charge on any atom is -0.320 e. The van der Waals surface area contributed by atoms with Gasteiger partial charge in [0.25, 0.3) is 0 Å². The van der Waals surface area contributed by atoms with E-state index >= 15 is 0 Å². The highest BCUT2D eigenvalue weighted by Crippen LogP contribution is 2.20.